The molecule has 0 radical (unpaired) electrons. The second kappa shape index (κ2) is 3.71. The van der Waals surface area contributed by atoms with Gasteiger partial charge in [-0.2, -0.15) is 0 Å². The lowest BCUT2D eigenvalue weighted by Gasteiger charge is -2.32. The maximum Gasteiger partial charge on any atom is 0.110 e. The molecule has 14 heavy (non-hydrogen) atoms. The van der Waals surface area contributed by atoms with Crippen molar-refractivity contribution in [2.75, 3.05) is 13.2 Å². The smallest absolute Gasteiger partial charge is 0.110 e. The van der Waals surface area contributed by atoms with Gasteiger partial charge in [0.05, 0.1) is 0 Å². The summed E-state index contributed by atoms with van der Waals surface area (Å²) in [7, 11) is 2.00. The van der Waals surface area contributed by atoms with Gasteiger partial charge in [0, 0.05) is 44.6 Å². The molecule has 1 aliphatic rings. The zero-order valence-electron chi connectivity index (χ0n) is 8.57. The zero-order valence-corrected chi connectivity index (χ0v) is 8.57. The predicted molar refractivity (Wildman–Crippen MR) is 53.9 cm³/mol. The fourth-order valence-corrected chi connectivity index (χ4v) is 1.84. The Morgan fingerprint density at radius 2 is 2.29 bits per heavy atom. The van der Waals surface area contributed by atoms with Crippen LogP contribution in [0, 0.1) is 0 Å². The van der Waals surface area contributed by atoms with Gasteiger partial charge in [-0.3, -0.25) is 0 Å². The van der Waals surface area contributed by atoms with Crippen molar-refractivity contribution in [2.45, 2.75) is 24.8 Å². The molecule has 4 nitrogen and oxygen atoms in total. The van der Waals surface area contributed by atoms with Crippen LogP contribution in [0.15, 0.2) is 12.4 Å². The van der Waals surface area contributed by atoms with E-state index in [1.807, 2.05) is 24.0 Å². The van der Waals surface area contributed by atoms with Crippen LogP contribution in [-0.2, 0) is 18.2 Å². The highest BCUT2D eigenvalue weighted by atomic mass is 16.5. The zero-order chi connectivity index (χ0) is 10.0. The van der Waals surface area contributed by atoms with E-state index in [0.29, 0.717) is 0 Å². The quantitative estimate of drug-likeness (QED) is 0.746. The van der Waals surface area contributed by atoms with E-state index < -0.39 is 0 Å². The number of hydrogen-bond donors (Lipinski definition) is 1. The molecule has 1 fully saturated rings. The Labute approximate surface area is 84.1 Å². The van der Waals surface area contributed by atoms with Gasteiger partial charge in [-0.15, -0.1) is 0 Å². The van der Waals surface area contributed by atoms with E-state index in [-0.39, 0.29) is 5.54 Å². The number of nitrogens with two attached hydrogens (primary N) is 1. The van der Waals surface area contributed by atoms with Gasteiger partial charge in [0.25, 0.3) is 0 Å². The van der Waals surface area contributed by atoms with Crippen LogP contribution in [0.2, 0.25) is 0 Å². The predicted octanol–water partition coefficient (Wildman–Crippen LogP) is 0.470. The summed E-state index contributed by atoms with van der Waals surface area (Å²) in [5, 5.41) is 0. The molecule has 1 aliphatic heterocycles. The largest absolute Gasteiger partial charge is 0.381 e. The summed E-state index contributed by atoms with van der Waals surface area (Å²) in [6.07, 6.45) is 6.48. The Bertz CT molecular complexity index is 302. The number of hydrogen-bond acceptors (Lipinski definition) is 3. The van der Waals surface area contributed by atoms with Crippen LogP contribution < -0.4 is 5.73 Å². The molecule has 4 heteroatoms. The van der Waals surface area contributed by atoms with Crippen LogP contribution in [0.4, 0.5) is 0 Å². The van der Waals surface area contributed by atoms with Gasteiger partial charge in [0.1, 0.15) is 5.82 Å². The summed E-state index contributed by atoms with van der Waals surface area (Å²) in [6, 6.07) is 0. The molecule has 0 saturated carbocycles. The molecule has 0 aromatic carbocycles. The van der Waals surface area contributed by atoms with Gasteiger partial charge in [0.15, 0.2) is 0 Å². The van der Waals surface area contributed by atoms with Crippen molar-refractivity contribution in [3.8, 4) is 0 Å². The summed E-state index contributed by atoms with van der Waals surface area (Å²) in [4.78, 5) is 4.30. The highest BCUT2D eigenvalue weighted by Gasteiger charge is 2.29. The average molecular weight is 195 g/mol. The Balaban J connectivity index is 2.05. The number of aromatic nitrogens is 2. The van der Waals surface area contributed by atoms with Crippen LogP contribution in [-0.4, -0.2) is 28.3 Å². The number of aryl methyl sites for hydroxylation is 1. The van der Waals surface area contributed by atoms with Crippen LogP contribution in [0.1, 0.15) is 18.7 Å². The fraction of sp³-hybridized carbons (Fsp3) is 0.700. The molecule has 0 spiro atoms. The lowest BCUT2D eigenvalue weighted by molar-refractivity contribution is 0.0525. The second-order valence-electron chi connectivity index (χ2n) is 4.11. The third kappa shape index (κ3) is 1.96. The summed E-state index contributed by atoms with van der Waals surface area (Å²) in [5.74, 6) is 1.06. The molecule has 2 N–H and O–H groups in total. The minimum absolute atomic E-state index is 0.114. The van der Waals surface area contributed by atoms with Crippen molar-refractivity contribution in [1.29, 1.82) is 0 Å². The SMILES string of the molecule is Cn1ccnc1CC1(N)CCOCC1. The van der Waals surface area contributed by atoms with Gasteiger partial charge in [-0.25, -0.2) is 4.98 Å². The van der Waals surface area contributed by atoms with Crippen molar-refractivity contribution >= 4 is 0 Å². The normalized spacial score (nSPS) is 21.0. The van der Waals surface area contributed by atoms with E-state index in [2.05, 4.69) is 4.98 Å². The van der Waals surface area contributed by atoms with E-state index in [4.69, 9.17) is 10.5 Å². The lowest BCUT2D eigenvalue weighted by atomic mass is 9.87. The summed E-state index contributed by atoms with van der Waals surface area (Å²) in [5.41, 5.74) is 6.17. The minimum atomic E-state index is -0.114. The first-order valence-electron chi connectivity index (χ1n) is 5.02. The van der Waals surface area contributed by atoms with Crippen molar-refractivity contribution in [2.24, 2.45) is 12.8 Å². The summed E-state index contributed by atoms with van der Waals surface area (Å²) < 4.78 is 7.34. The molecule has 0 atom stereocenters. The summed E-state index contributed by atoms with van der Waals surface area (Å²) >= 11 is 0. The van der Waals surface area contributed by atoms with E-state index in [1.54, 1.807) is 0 Å². The Kier molecular flexibility index (Phi) is 2.56. The van der Waals surface area contributed by atoms with Gasteiger partial charge >= 0.3 is 0 Å². The minimum Gasteiger partial charge on any atom is -0.381 e. The van der Waals surface area contributed by atoms with Crippen molar-refractivity contribution in [1.82, 2.24) is 9.55 Å². The van der Waals surface area contributed by atoms with Gasteiger partial charge in [0.2, 0.25) is 0 Å². The van der Waals surface area contributed by atoms with Crippen molar-refractivity contribution in [3.63, 3.8) is 0 Å². The lowest BCUT2D eigenvalue weighted by Crippen LogP contribution is -2.47. The van der Waals surface area contributed by atoms with Gasteiger partial charge in [-0.05, 0) is 12.8 Å². The monoisotopic (exact) mass is 195 g/mol. The van der Waals surface area contributed by atoms with E-state index >= 15 is 0 Å². The highest BCUT2D eigenvalue weighted by Crippen LogP contribution is 2.21. The van der Waals surface area contributed by atoms with E-state index in [1.165, 1.54) is 0 Å². The number of ether oxygens (including phenoxy) is 1. The maximum absolute atomic E-state index is 6.29. The Hall–Kier alpha value is -0.870. The topological polar surface area (TPSA) is 53.1 Å². The molecular formula is C10H17N3O. The third-order valence-corrected chi connectivity index (χ3v) is 2.92. The van der Waals surface area contributed by atoms with Crippen molar-refractivity contribution in [3.05, 3.63) is 18.2 Å². The van der Waals surface area contributed by atoms with Gasteiger partial charge < -0.3 is 15.0 Å². The summed E-state index contributed by atoms with van der Waals surface area (Å²) in [6.45, 7) is 1.56. The number of imidazole rings is 1. The first-order chi connectivity index (χ1) is 6.70. The van der Waals surface area contributed by atoms with Gasteiger partial charge in [-0.1, -0.05) is 0 Å². The molecule has 78 valence electrons. The molecule has 1 aromatic heterocycles. The number of rotatable bonds is 2. The molecular weight excluding hydrogens is 178 g/mol. The van der Waals surface area contributed by atoms with Crippen LogP contribution in [0.25, 0.3) is 0 Å². The number of nitrogens with zero attached hydrogens (tertiary/aromatic N) is 2. The first-order valence-corrected chi connectivity index (χ1v) is 5.02. The van der Waals surface area contributed by atoms with E-state index in [0.717, 1.165) is 38.3 Å². The molecule has 2 rings (SSSR count). The van der Waals surface area contributed by atoms with Crippen LogP contribution in [0.5, 0.6) is 0 Å². The molecule has 0 bridgehead atoms. The average Bonchev–Trinajstić information content (AvgIpc) is 2.52. The molecule has 0 aliphatic carbocycles. The van der Waals surface area contributed by atoms with Crippen LogP contribution in [0.3, 0.4) is 0 Å². The molecule has 1 saturated heterocycles. The highest BCUT2D eigenvalue weighted by molar-refractivity contribution is 5.01. The maximum atomic E-state index is 6.29. The Morgan fingerprint density at radius 1 is 1.57 bits per heavy atom. The third-order valence-electron chi connectivity index (χ3n) is 2.92. The fourth-order valence-electron chi connectivity index (χ4n) is 1.84. The van der Waals surface area contributed by atoms with Crippen LogP contribution >= 0.6 is 0 Å². The molecule has 0 unspecified atom stereocenters. The second-order valence-corrected chi connectivity index (χ2v) is 4.11. The first kappa shape index (κ1) is 9.68. The standard InChI is InChI=1S/C10H17N3O/c1-13-5-4-12-9(13)8-10(11)2-6-14-7-3-10/h4-5H,2-3,6-8,11H2,1H3. The Morgan fingerprint density at radius 3 is 2.86 bits per heavy atom. The molecule has 1 aromatic rings. The van der Waals surface area contributed by atoms with E-state index in [9.17, 15) is 0 Å². The van der Waals surface area contributed by atoms with Crippen molar-refractivity contribution < 1.29 is 4.74 Å². The molecule has 2 heterocycles. The molecule has 0 amide bonds.